The minimum absolute atomic E-state index is 0.577. The van der Waals surface area contributed by atoms with Crippen molar-refractivity contribution in [2.24, 2.45) is 4.99 Å². The molecule has 1 aliphatic rings. The molecule has 0 unspecified atom stereocenters. The third-order valence-electron chi connectivity index (χ3n) is 2.88. The van der Waals surface area contributed by atoms with Crippen LogP contribution in [0, 0.1) is 0 Å². The first kappa shape index (κ1) is 13.2. The molecule has 0 spiro atoms. The second-order valence-electron chi connectivity index (χ2n) is 4.48. The molecular weight excluding hydrogens is 264 g/mol. The summed E-state index contributed by atoms with van der Waals surface area (Å²) in [7, 11) is 0. The maximum Gasteiger partial charge on any atom is 0.214 e. The molecule has 21 heavy (non-hydrogen) atoms. The van der Waals surface area contributed by atoms with E-state index in [2.05, 4.69) is 10.3 Å². The Morgan fingerprint density at radius 3 is 2.43 bits per heavy atom. The number of para-hydroxylation sites is 2. The van der Waals surface area contributed by atoms with Crippen molar-refractivity contribution >= 4 is 11.6 Å². The van der Waals surface area contributed by atoms with E-state index in [0.717, 1.165) is 11.4 Å². The maximum absolute atomic E-state index is 5.87. The lowest BCUT2D eigenvalue weighted by atomic mass is 10.3. The van der Waals surface area contributed by atoms with Crippen LogP contribution < -0.4 is 10.1 Å². The molecule has 0 radical (unpaired) electrons. The summed E-state index contributed by atoms with van der Waals surface area (Å²) in [6, 6.07) is 19.5. The van der Waals surface area contributed by atoms with Crippen LogP contribution in [0.3, 0.4) is 0 Å². The largest absolute Gasteiger partial charge is 0.476 e. The molecule has 106 valence electrons. The second kappa shape index (κ2) is 6.61. The van der Waals surface area contributed by atoms with Crippen LogP contribution >= 0.6 is 0 Å². The van der Waals surface area contributed by atoms with E-state index in [0.29, 0.717) is 24.9 Å². The van der Waals surface area contributed by atoms with Crippen LogP contribution in [0.25, 0.3) is 0 Å². The van der Waals surface area contributed by atoms with E-state index in [4.69, 9.17) is 9.47 Å². The van der Waals surface area contributed by atoms with E-state index >= 15 is 0 Å². The van der Waals surface area contributed by atoms with Crippen LogP contribution in [-0.4, -0.2) is 19.0 Å². The van der Waals surface area contributed by atoms with Gasteiger partial charge in [-0.3, -0.25) is 0 Å². The van der Waals surface area contributed by atoms with E-state index in [-0.39, 0.29) is 0 Å². The zero-order chi connectivity index (χ0) is 14.3. The Hall–Kier alpha value is -2.75. The summed E-state index contributed by atoms with van der Waals surface area (Å²) in [5.41, 5.74) is 0.943. The summed E-state index contributed by atoms with van der Waals surface area (Å²) in [4.78, 5) is 4.26. The van der Waals surface area contributed by atoms with Crippen molar-refractivity contribution < 1.29 is 9.47 Å². The quantitative estimate of drug-likeness (QED) is 0.853. The molecule has 4 heteroatoms. The van der Waals surface area contributed by atoms with Gasteiger partial charge >= 0.3 is 0 Å². The highest BCUT2D eigenvalue weighted by Crippen LogP contribution is 2.16. The molecule has 0 fully saturated rings. The second-order valence-corrected chi connectivity index (χ2v) is 4.48. The molecule has 1 heterocycles. The van der Waals surface area contributed by atoms with Gasteiger partial charge in [-0.25, -0.2) is 4.99 Å². The summed E-state index contributed by atoms with van der Waals surface area (Å²) in [6.07, 6.45) is 1.77. The first-order valence-corrected chi connectivity index (χ1v) is 6.84. The van der Waals surface area contributed by atoms with Crippen LogP contribution in [0.2, 0.25) is 0 Å². The SMILES string of the molecule is C(=C(Nc1ccccc1)Oc1ccccc1)C1=NCCO1. The summed E-state index contributed by atoms with van der Waals surface area (Å²) >= 11 is 0. The van der Waals surface area contributed by atoms with Crippen molar-refractivity contribution in [2.75, 3.05) is 18.5 Å². The zero-order valence-corrected chi connectivity index (χ0v) is 11.5. The fourth-order valence-corrected chi connectivity index (χ4v) is 1.92. The number of hydrogen-bond acceptors (Lipinski definition) is 4. The average molecular weight is 280 g/mol. The highest BCUT2D eigenvalue weighted by atomic mass is 16.5. The lowest BCUT2D eigenvalue weighted by Crippen LogP contribution is -2.10. The molecule has 3 rings (SSSR count). The Morgan fingerprint density at radius 1 is 1.05 bits per heavy atom. The third-order valence-corrected chi connectivity index (χ3v) is 2.88. The fourth-order valence-electron chi connectivity index (χ4n) is 1.92. The lowest BCUT2D eigenvalue weighted by Gasteiger charge is -2.12. The molecule has 0 bridgehead atoms. The van der Waals surface area contributed by atoms with Crippen LogP contribution in [0.1, 0.15) is 0 Å². The molecular formula is C17H16N2O2. The van der Waals surface area contributed by atoms with Crippen LogP contribution in [0.15, 0.2) is 77.6 Å². The average Bonchev–Trinajstić information content (AvgIpc) is 3.02. The minimum atomic E-state index is 0.577. The summed E-state index contributed by atoms with van der Waals surface area (Å²) in [6.45, 7) is 1.31. The van der Waals surface area contributed by atoms with Gasteiger partial charge in [-0.1, -0.05) is 36.4 Å². The van der Waals surface area contributed by atoms with Crippen LogP contribution in [-0.2, 0) is 4.74 Å². The first-order valence-electron chi connectivity index (χ1n) is 6.84. The van der Waals surface area contributed by atoms with Gasteiger partial charge in [0, 0.05) is 5.69 Å². The number of ether oxygens (including phenoxy) is 2. The highest BCUT2D eigenvalue weighted by molar-refractivity contribution is 5.89. The van der Waals surface area contributed by atoms with Gasteiger partial charge in [-0.2, -0.15) is 0 Å². The molecule has 0 aliphatic carbocycles. The normalized spacial score (nSPS) is 14.3. The highest BCUT2D eigenvalue weighted by Gasteiger charge is 2.08. The monoisotopic (exact) mass is 280 g/mol. The summed E-state index contributed by atoms with van der Waals surface area (Å²) < 4.78 is 11.3. The van der Waals surface area contributed by atoms with Crippen molar-refractivity contribution in [1.82, 2.24) is 0 Å². The fraction of sp³-hybridized carbons (Fsp3) is 0.118. The Labute approximate surface area is 123 Å². The predicted octanol–water partition coefficient (Wildman–Crippen LogP) is 3.45. The van der Waals surface area contributed by atoms with Gasteiger partial charge in [0.15, 0.2) is 0 Å². The Kier molecular flexibility index (Phi) is 4.17. The molecule has 2 aromatic rings. The van der Waals surface area contributed by atoms with Crippen LogP contribution in [0.5, 0.6) is 5.75 Å². The molecule has 0 saturated heterocycles. The Morgan fingerprint density at radius 2 is 1.76 bits per heavy atom. The van der Waals surface area contributed by atoms with Gasteiger partial charge in [0.05, 0.1) is 12.6 Å². The molecule has 1 aliphatic heterocycles. The number of benzene rings is 2. The number of anilines is 1. The molecule has 1 N–H and O–H groups in total. The zero-order valence-electron chi connectivity index (χ0n) is 11.5. The number of nitrogens with zero attached hydrogens (tertiary/aromatic N) is 1. The standard InChI is InChI=1S/C17H16N2O2/c1-3-7-14(8-4-1)19-17(13-16-18-11-12-20-16)21-15-9-5-2-6-10-15/h1-10,13,19H,11-12H2. The van der Waals surface area contributed by atoms with Gasteiger partial charge in [0.1, 0.15) is 12.4 Å². The molecule has 0 amide bonds. The molecule has 0 aromatic heterocycles. The van der Waals surface area contributed by atoms with Gasteiger partial charge in [0.25, 0.3) is 0 Å². The van der Waals surface area contributed by atoms with E-state index in [1.165, 1.54) is 0 Å². The van der Waals surface area contributed by atoms with Crippen molar-refractivity contribution in [3.8, 4) is 5.75 Å². The number of hydrogen-bond donors (Lipinski definition) is 1. The number of nitrogens with one attached hydrogen (secondary N) is 1. The maximum atomic E-state index is 5.87. The smallest absolute Gasteiger partial charge is 0.214 e. The van der Waals surface area contributed by atoms with Crippen LogP contribution in [0.4, 0.5) is 5.69 Å². The van der Waals surface area contributed by atoms with Gasteiger partial charge in [-0.15, -0.1) is 0 Å². The molecule has 4 nitrogen and oxygen atoms in total. The Balaban J connectivity index is 1.80. The number of rotatable bonds is 5. The van der Waals surface area contributed by atoms with Gasteiger partial charge < -0.3 is 14.8 Å². The van der Waals surface area contributed by atoms with Crippen molar-refractivity contribution in [1.29, 1.82) is 0 Å². The lowest BCUT2D eigenvalue weighted by molar-refractivity contribution is 0.347. The number of aliphatic imine (C=N–C) groups is 1. The molecule has 0 atom stereocenters. The predicted molar refractivity (Wildman–Crippen MR) is 83.5 cm³/mol. The van der Waals surface area contributed by atoms with E-state index in [1.54, 1.807) is 6.08 Å². The van der Waals surface area contributed by atoms with Gasteiger partial charge in [-0.05, 0) is 24.3 Å². The minimum Gasteiger partial charge on any atom is -0.476 e. The van der Waals surface area contributed by atoms with Crippen molar-refractivity contribution in [3.63, 3.8) is 0 Å². The molecule has 2 aromatic carbocycles. The summed E-state index contributed by atoms with van der Waals surface area (Å²) in [5, 5.41) is 3.23. The van der Waals surface area contributed by atoms with Crippen molar-refractivity contribution in [3.05, 3.63) is 72.6 Å². The van der Waals surface area contributed by atoms with Crippen molar-refractivity contribution in [2.45, 2.75) is 0 Å². The Bertz CT molecular complexity index is 593. The molecule has 0 saturated carbocycles. The van der Waals surface area contributed by atoms with E-state index in [1.807, 2.05) is 60.7 Å². The summed E-state index contributed by atoms with van der Waals surface area (Å²) in [5.74, 6) is 1.92. The third kappa shape index (κ3) is 3.86. The topological polar surface area (TPSA) is 42.8 Å². The first-order chi connectivity index (χ1) is 10.4. The van der Waals surface area contributed by atoms with E-state index in [9.17, 15) is 0 Å². The van der Waals surface area contributed by atoms with Gasteiger partial charge in [0.2, 0.25) is 11.8 Å². The van der Waals surface area contributed by atoms with E-state index < -0.39 is 0 Å².